The predicted molar refractivity (Wildman–Crippen MR) is 69.9 cm³/mol. The fourth-order valence-electron chi connectivity index (χ4n) is 1.66. The topological polar surface area (TPSA) is 47.6 Å². The molecular weight excluding hydrogens is 254 g/mol. The summed E-state index contributed by atoms with van der Waals surface area (Å²) in [5.74, 6) is 0.951. The molecule has 0 heterocycles. The molecule has 1 aromatic rings. The van der Waals surface area contributed by atoms with Crippen LogP contribution in [0.15, 0.2) is 12.1 Å². The summed E-state index contributed by atoms with van der Waals surface area (Å²) in [7, 11) is 3.26. The highest BCUT2D eigenvalue weighted by Gasteiger charge is 2.28. The van der Waals surface area contributed by atoms with Crippen LogP contribution in [-0.4, -0.2) is 32.6 Å². The third-order valence-electron chi connectivity index (χ3n) is 2.69. The van der Waals surface area contributed by atoms with Crippen LogP contribution in [0.25, 0.3) is 0 Å². The molecule has 1 N–H and O–H groups in total. The van der Waals surface area contributed by atoms with Crippen molar-refractivity contribution in [2.24, 2.45) is 0 Å². The number of likely N-dealkylation sites (N-methyl/N-ethyl adjacent to an activating group) is 1. The number of halogens is 1. The highest BCUT2D eigenvalue weighted by Crippen LogP contribution is 2.38. The molecule has 5 heteroatoms. The summed E-state index contributed by atoms with van der Waals surface area (Å²) in [5.41, 5.74) is 0.473. The van der Waals surface area contributed by atoms with E-state index in [-0.39, 0.29) is 18.4 Å². The minimum Gasteiger partial charge on any atom is -0.493 e. The van der Waals surface area contributed by atoms with Crippen LogP contribution in [0, 0.1) is 0 Å². The van der Waals surface area contributed by atoms with E-state index in [0.717, 1.165) is 12.8 Å². The molecule has 0 saturated heterocycles. The van der Waals surface area contributed by atoms with E-state index in [1.807, 2.05) is 0 Å². The number of rotatable bonds is 6. The molecule has 1 saturated carbocycles. The molecule has 1 fully saturated rings. The Labute approximate surface area is 111 Å². The van der Waals surface area contributed by atoms with Crippen molar-refractivity contribution in [1.82, 2.24) is 5.32 Å². The van der Waals surface area contributed by atoms with Crippen LogP contribution in [-0.2, 0) is 0 Å². The van der Waals surface area contributed by atoms with Crippen molar-refractivity contribution in [3.8, 4) is 11.5 Å². The van der Waals surface area contributed by atoms with E-state index in [2.05, 4.69) is 5.32 Å². The molecule has 0 atom stereocenters. The summed E-state index contributed by atoms with van der Waals surface area (Å²) in [4.78, 5) is 12.0. The Bertz CT molecular complexity index is 458. The van der Waals surface area contributed by atoms with Gasteiger partial charge in [0.2, 0.25) is 0 Å². The number of ether oxygens (including phenoxy) is 2. The average Bonchev–Trinajstić information content (AvgIpc) is 3.15. The molecule has 2 rings (SSSR count). The van der Waals surface area contributed by atoms with Gasteiger partial charge in [0, 0.05) is 11.1 Å². The fraction of sp³-hybridized carbons (Fsp3) is 0.462. The van der Waals surface area contributed by atoms with Crippen LogP contribution in [0.3, 0.4) is 0 Å². The molecule has 0 bridgehead atoms. The van der Waals surface area contributed by atoms with E-state index in [0.29, 0.717) is 22.1 Å². The van der Waals surface area contributed by atoms with Gasteiger partial charge in [-0.05, 0) is 26.0 Å². The maximum absolute atomic E-state index is 12.0. The summed E-state index contributed by atoms with van der Waals surface area (Å²) in [6.07, 6.45) is 2.23. The van der Waals surface area contributed by atoms with Crippen molar-refractivity contribution < 1.29 is 14.3 Å². The van der Waals surface area contributed by atoms with E-state index < -0.39 is 0 Å². The first kappa shape index (κ1) is 13.2. The van der Waals surface area contributed by atoms with Gasteiger partial charge in [0.25, 0.3) is 0 Å². The van der Waals surface area contributed by atoms with Crippen molar-refractivity contribution in [1.29, 1.82) is 0 Å². The summed E-state index contributed by atoms with van der Waals surface area (Å²) < 4.78 is 11.0. The molecule has 98 valence electrons. The van der Waals surface area contributed by atoms with Crippen LogP contribution in [0.4, 0.5) is 0 Å². The summed E-state index contributed by atoms with van der Waals surface area (Å²) in [5, 5.41) is 3.30. The highest BCUT2D eigenvalue weighted by molar-refractivity contribution is 6.31. The van der Waals surface area contributed by atoms with E-state index in [1.54, 1.807) is 19.2 Å². The molecule has 4 nitrogen and oxygen atoms in total. The Hall–Kier alpha value is -1.26. The third-order valence-corrected chi connectivity index (χ3v) is 2.90. The normalized spacial score (nSPS) is 14.4. The van der Waals surface area contributed by atoms with Gasteiger partial charge in [-0.1, -0.05) is 11.6 Å². The van der Waals surface area contributed by atoms with Gasteiger partial charge in [0.05, 0.1) is 25.3 Å². The lowest BCUT2D eigenvalue weighted by atomic mass is 10.1. The van der Waals surface area contributed by atoms with Crippen LogP contribution >= 0.6 is 11.6 Å². The second-order valence-electron chi connectivity index (χ2n) is 4.26. The zero-order valence-electron chi connectivity index (χ0n) is 10.5. The second kappa shape index (κ2) is 5.59. The van der Waals surface area contributed by atoms with Crippen molar-refractivity contribution >= 4 is 17.4 Å². The molecule has 18 heavy (non-hydrogen) atoms. The molecule has 1 aliphatic rings. The molecule has 0 amide bonds. The third kappa shape index (κ3) is 2.94. The van der Waals surface area contributed by atoms with Gasteiger partial charge in [-0.15, -0.1) is 0 Å². The maximum atomic E-state index is 12.0. The SMILES string of the molecule is CNCC(=O)c1cc(Cl)cc(OC)c1OC1CC1. The number of carbonyl (C=O) groups excluding carboxylic acids is 1. The van der Waals surface area contributed by atoms with E-state index in [9.17, 15) is 4.79 Å². The van der Waals surface area contributed by atoms with Crippen molar-refractivity contribution in [3.05, 3.63) is 22.7 Å². The second-order valence-corrected chi connectivity index (χ2v) is 4.69. The molecule has 0 aromatic heterocycles. The Kier molecular flexibility index (Phi) is 4.09. The smallest absolute Gasteiger partial charge is 0.180 e. The Morgan fingerprint density at radius 2 is 2.22 bits per heavy atom. The number of nitrogens with one attached hydrogen (secondary N) is 1. The average molecular weight is 270 g/mol. The van der Waals surface area contributed by atoms with Gasteiger partial charge < -0.3 is 14.8 Å². The lowest BCUT2D eigenvalue weighted by molar-refractivity contribution is 0.0988. The molecule has 0 unspecified atom stereocenters. The summed E-state index contributed by atoms with van der Waals surface area (Å²) in [6.45, 7) is 0.241. The number of hydrogen-bond acceptors (Lipinski definition) is 4. The quantitative estimate of drug-likeness (QED) is 0.805. The van der Waals surface area contributed by atoms with Crippen LogP contribution in [0.5, 0.6) is 11.5 Å². The summed E-state index contributed by atoms with van der Waals surface area (Å²) >= 11 is 5.99. The minimum atomic E-state index is -0.0612. The largest absolute Gasteiger partial charge is 0.493 e. The number of benzene rings is 1. The van der Waals surface area contributed by atoms with Gasteiger partial charge in [0.15, 0.2) is 17.3 Å². The first-order valence-electron chi connectivity index (χ1n) is 5.87. The zero-order chi connectivity index (χ0) is 13.1. The predicted octanol–water partition coefficient (Wildman–Crippen LogP) is 2.29. The molecule has 1 aliphatic carbocycles. The fourth-order valence-corrected chi connectivity index (χ4v) is 1.87. The van der Waals surface area contributed by atoms with Crippen LogP contribution in [0.2, 0.25) is 5.02 Å². The Balaban J connectivity index is 2.39. The first-order valence-corrected chi connectivity index (χ1v) is 6.25. The zero-order valence-corrected chi connectivity index (χ0v) is 11.2. The molecule has 0 spiro atoms. The lowest BCUT2D eigenvalue weighted by Gasteiger charge is -2.14. The van der Waals surface area contributed by atoms with E-state index >= 15 is 0 Å². The number of Topliss-reactive ketones (excluding diaryl/α,β-unsaturated/α-hetero) is 1. The van der Waals surface area contributed by atoms with Gasteiger partial charge in [-0.25, -0.2) is 0 Å². The molecule has 1 aromatic carbocycles. The van der Waals surface area contributed by atoms with E-state index in [4.69, 9.17) is 21.1 Å². The van der Waals surface area contributed by atoms with Gasteiger partial charge in [-0.3, -0.25) is 4.79 Å². The summed E-state index contributed by atoms with van der Waals surface area (Å²) in [6, 6.07) is 3.29. The number of methoxy groups -OCH3 is 1. The van der Waals surface area contributed by atoms with Crippen molar-refractivity contribution in [2.75, 3.05) is 20.7 Å². The van der Waals surface area contributed by atoms with Crippen molar-refractivity contribution in [3.63, 3.8) is 0 Å². The Morgan fingerprint density at radius 1 is 1.50 bits per heavy atom. The number of ketones is 1. The van der Waals surface area contributed by atoms with Crippen LogP contribution in [0.1, 0.15) is 23.2 Å². The van der Waals surface area contributed by atoms with E-state index in [1.165, 1.54) is 7.11 Å². The first-order chi connectivity index (χ1) is 8.65. The standard InChI is InChI=1S/C13H16ClNO3/c1-15-7-11(16)10-5-8(14)6-12(17-2)13(10)18-9-3-4-9/h5-6,9,15H,3-4,7H2,1-2H3. The van der Waals surface area contributed by atoms with Gasteiger partial charge in [0.1, 0.15) is 0 Å². The number of hydrogen-bond donors (Lipinski definition) is 1. The highest BCUT2D eigenvalue weighted by atomic mass is 35.5. The van der Waals surface area contributed by atoms with Crippen molar-refractivity contribution in [2.45, 2.75) is 18.9 Å². The lowest BCUT2D eigenvalue weighted by Crippen LogP contribution is -2.19. The van der Waals surface area contributed by atoms with Crippen LogP contribution < -0.4 is 14.8 Å². The maximum Gasteiger partial charge on any atom is 0.180 e. The Morgan fingerprint density at radius 3 is 2.78 bits per heavy atom. The van der Waals surface area contributed by atoms with Gasteiger partial charge in [-0.2, -0.15) is 0 Å². The minimum absolute atomic E-state index is 0.0612. The van der Waals surface area contributed by atoms with Gasteiger partial charge >= 0.3 is 0 Å². The number of carbonyl (C=O) groups is 1. The molecule has 0 aliphatic heterocycles. The monoisotopic (exact) mass is 269 g/mol. The molecule has 0 radical (unpaired) electrons. The molecular formula is C13H16ClNO3.